The Morgan fingerprint density at radius 3 is 2.89 bits per heavy atom. The molecule has 1 heterocycles. The van der Waals surface area contributed by atoms with E-state index in [-0.39, 0.29) is 11.8 Å². The molecule has 0 bridgehead atoms. The number of rotatable bonds is 4. The summed E-state index contributed by atoms with van der Waals surface area (Å²) < 4.78 is 0. The van der Waals surface area contributed by atoms with Gasteiger partial charge in [0.2, 0.25) is 5.91 Å². The summed E-state index contributed by atoms with van der Waals surface area (Å²) in [4.78, 5) is 14.6. The average molecular weight is 262 g/mol. The van der Waals surface area contributed by atoms with E-state index in [9.17, 15) is 4.79 Å². The molecule has 1 aromatic rings. The number of hydrogen-bond acceptors (Lipinski definition) is 3. The van der Waals surface area contributed by atoms with Gasteiger partial charge in [0.05, 0.1) is 6.07 Å². The fraction of sp³-hybridized carbons (Fsp3) is 0.571. The number of carbonyl (C=O) groups excluding carboxylic acids is 1. The minimum atomic E-state index is -0.727. The van der Waals surface area contributed by atoms with Gasteiger partial charge in [0.1, 0.15) is 5.54 Å². The third kappa shape index (κ3) is 2.56. The average Bonchev–Trinajstić information content (AvgIpc) is 3.05. The Kier molecular flexibility index (Phi) is 3.45. The molecule has 0 saturated heterocycles. The van der Waals surface area contributed by atoms with Gasteiger partial charge >= 0.3 is 0 Å². The number of thiophene rings is 1. The Balaban J connectivity index is 1.96. The number of carbonyl (C=O) groups is 1. The topological polar surface area (TPSA) is 52.9 Å². The van der Waals surface area contributed by atoms with E-state index in [1.807, 2.05) is 6.92 Å². The zero-order valence-corrected chi connectivity index (χ0v) is 11.8. The predicted molar refractivity (Wildman–Crippen MR) is 72.4 cm³/mol. The summed E-state index contributed by atoms with van der Waals surface area (Å²) in [6, 6.07) is 6.38. The summed E-state index contributed by atoms with van der Waals surface area (Å²) in [5.74, 6) is 0.447. The Bertz CT molecular complexity index is 502. The first kappa shape index (κ1) is 13.1. The highest BCUT2D eigenvalue weighted by Crippen LogP contribution is 2.49. The molecule has 96 valence electrons. The van der Waals surface area contributed by atoms with Gasteiger partial charge in [-0.25, -0.2) is 0 Å². The number of nitrogens with zero attached hydrogens (tertiary/aromatic N) is 1. The van der Waals surface area contributed by atoms with Crippen LogP contribution in [0.5, 0.6) is 0 Å². The van der Waals surface area contributed by atoms with Crippen LogP contribution >= 0.6 is 11.3 Å². The van der Waals surface area contributed by atoms with Crippen LogP contribution in [0.2, 0.25) is 0 Å². The summed E-state index contributed by atoms with van der Waals surface area (Å²) in [6.07, 6.45) is 1.54. The maximum Gasteiger partial charge on any atom is 0.225 e. The van der Waals surface area contributed by atoms with E-state index in [1.54, 1.807) is 18.3 Å². The van der Waals surface area contributed by atoms with Crippen LogP contribution in [0.3, 0.4) is 0 Å². The molecular formula is C14H18N2OS. The van der Waals surface area contributed by atoms with Gasteiger partial charge in [0, 0.05) is 21.6 Å². The molecular weight excluding hydrogens is 244 g/mol. The Morgan fingerprint density at radius 2 is 2.39 bits per heavy atom. The normalized spacial score (nSPS) is 25.0. The minimum absolute atomic E-state index is 0.0250. The first-order valence-electron chi connectivity index (χ1n) is 6.28. The van der Waals surface area contributed by atoms with E-state index in [4.69, 9.17) is 5.26 Å². The molecule has 0 aliphatic heterocycles. The van der Waals surface area contributed by atoms with Gasteiger partial charge < -0.3 is 5.32 Å². The molecule has 0 radical (unpaired) electrons. The fourth-order valence-corrected chi connectivity index (χ4v) is 3.07. The first-order chi connectivity index (χ1) is 8.49. The predicted octanol–water partition coefficient (Wildman–Crippen LogP) is 2.97. The van der Waals surface area contributed by atoms with Crippen molar-refractivity contribution in [1.82, 2.24) is 5.32 Å². The van der Waals surface area contributed by atoms with E-state index >= 15 is 0 Å². The van der Waals surface area contributed by atoms with Gasteiger partial charge in [0.25, 0.3) is 0 Å². The summed E-state index contributed by atoms with van der Waals surface area (Å²) in [5.41, 5.74) is -0.727. The van der Waals surface area contributed by atoms with Crippen LogP contribution in [0.1, 0.15) is 42.4 Å². The fourth-order valence-electron chi connectivity index (χ4n) is 2.01. The van der Waals surface area contributed by atoms with Crippen LogP contribution in [-0.4, -0.2) is 11.4 Å². The highest BCUT2D eigenvalue weighted by molar-refractivity contribution is 7.12. The SMILES string of the molecule is CC[C@](C)(C#N)NC(=O)[C@H]1C[C@H]1c1ccc(C)s1. The molecule has 3 atom stereocenters. The molecule has 3 nitrogen and oxygen atoms in total. The Hall–Kier alpha value is -1.34. The van der Waals surface area contributed by atoms with Crippen molar-refractivity contribution in [2.45, 2.75) is 45.1 Å². The number of amides is 1. The lowest BCUT2D eigenvalue weighted by molar-refractivity contribution is -0.123. The maximum absolute atomic E-state index is 12.1. The highest BCUT2D eigenvalue weighted by Gasteiger charge is 2.46. The van der Waals surface area contributed by atoms with Crippen LogP contribution in [-0.2, 0) is 4.79 Å². The molecule has 1 N–H and O–H groups in total. The number of hydrogen-bond donors (Lipinski definition) is 1. The van der Waals surface area contributed by atoms with Crippen molar-refractivity contribution >= 4 is 17.2 Å². The van der Waals surface area contributed by atoms with Crippen molar-refractivity contribution in [3.8, 4) is 6.07 Å². The van der Waals surface area contributed by atoms with E-state index in [2.05, 4.69) is 30.4 Å². The van der Waals surface area contributed by atoms with E-state index in [1.165, 1.54) is 9.75 Å². The van der Waals surface area contributed by atoms with Gasteiger partial charge in [0.15, 0.2) is 0 Å². The Morgan fingerprint density at radius 1 is 1.67 bits per heavy atom. The molecule has 18 heavy (non-hydrogen) atoms. The molecule has 1 saturated carbocycles. The lowest BCUT2D eigenvalue weighted by atomic mass is 10.0. The van der Waals surface area contributed by atoms with E-state index in [0.29, 0.717) is 12.3 Å². The maximum atomic E-state index is 12.1. The van der Waals surface area contributed by atoms with Gasteiger partial charge in [-0.15, -0.1) is 11.3 Å². The summed E-state index contributed by atoms with van der Waals surface area (Å²) in [7, 11) is 0. The van der Waals surface area contributed by atoms with Crippen LogP contribution in [0, 0.1) is 24.2 Å². The first-order valence-corrected chi connectivity index (χ1v) is 7.10. The zero-order valence-electron chi connectivity index (χ0n) is 11.0. The van der Waals surface area contributed by atoms with E-state index < -0.39 is 5.54 Å². The van der Waals surface area contributed by atoms with Crippen molar-refractivity contribution < 1.29 is 4.79 Å². The van der Waals surface area contributed by atoms with Crippen molar-refractivity contribution in [3.05, 3.63) is 21.9 Å². The summed E-state index contributed by atoms with van der Waals surface area (Å²) in [5, 5.41) is 11.9. The van der Waals surface area contributed by atoms with E-state index in [0.717, 1.165) is 6.42 Å². The molecule has 1 aromatic heterocycles. The third-order valence-electron chi connectivity index (χ3n) is 3.61. The van der Waals surface area contributed by atoms with Crippen molar-refractivity contribution in [2.24, 2.45) is 5.92 Å². The largest absolute Gasteiger partial charge is 0.338 e. The monoisotopic (exact) mass is 262 g/mol. The van der Waals surface area contributed by atoms with Crippen LogP contribution in [0.25, 0.3) is 0 Å². The quantitative estimate of drug-likeness (QED) is 0.907. The molecule has 2 rings (SSSR count). The number of nitrogens with one attached hydrogen (secondary N) is 1. The highest BCUT2D eigenvalue weighted by atomic mass is 32.1. The summed E-state index contributed by atoms with van der Waals surface area (Å²) in [6.45, 7) is 5.77. The molecule has 1 fully saturated rings. The van der Waals surface area contributed by atoms with Crippen LogP contribution in [0.4, 0.5) is 0 Å². The third-order valence-corrected chi connectivity index (χ3v) is 4.74. The van der Waals surface area contributed by atoms with Crippen molar-refractivity contribution in [2.75, 3.05) is 0 Å². The smallest absolute Gasteiger partial charge is 0.225 e. The second-order valence-electron chi connectivity index (χ2n) is 5.18. The molecule has 1 aliphatic rings. The van der Waals surface area contributed by atoms with Gasteiger partial charge in [-0.1, -0.05) is 6.92 Å². The molecule has 0 spiro atoms. The van der Waals surface area contributed by atoms with Crippen molar-refractivity contribution in [3.63, 3.8) is 0 Å². The van der Waals surface area contributed by atoms with Gasteiger partial charge in [-0.05, 0) is 38.8 Å². The van der Waals surface area contributed by atoms with Gasteiger partial charge in [-0.3, -0.25) is 4.79 Å². The molecule has 0 aromatic carbocycles. The molecule has 1 amide bonds. The molecule has 0 unspecified atom stereocenters. The Labute approximate surface area is 112 Å². The molecule has 1 aliphatic carbocycles. The minimum Gasteiger partial charge on any atom is -0.338 e. The lowest BCUT2D eigenvalue weighted by Crippen LogP contribution is -2.45. The van der Waals surface area contributed by atoms with Crippen molar-refractivity contribution in [1.29, 1.82) is 5.26 Å². The standard InChI is InChI=1S/C14H18N2OS/c1-4-14(3,8-15)16-13(17)11-7-10(11)12-6-5-9(2)18-12/h5-6,10-11H,4,7H2,1-3H3,(H,16,17)/t10-,11+,14-/m1/s1. The lowest BCUT2D eigenvalue weighted by Gasteiger charge is -2.21. The number of nitriles is 1. The zero-order chi connectivity index (χ0) is 13.3. The summed E-state index contributed by atoms with van der Waals surface area (Å²) >= 11 is 1.76. The van der Waals surface area contributed by atoms with Crippen LogP contribution in [0.15, 0.2) is 12.1 Å². The van der Waals surface area contributed by atoms with Crippen LogP contribution < -0.4 is 5.32 Å². The second-order valence-corrected chi connectivity index (χ2v) is 6.50. The number of aryl methyl sites for hydroxylation is 1. The second kappa shape index (κ2) is 4.74. The molecule has 4 heteroatoms. The van der Waals surface area contributed by atoms with Gasteiger partial charge in [-0.2, -0.15) is 5.26 Å².